The third kappa shape index (κ3) is 2.12. The molecule has 1 heterocycles. The molecule has 0 bridgehead atoms. The second-order valence-electron chi connectivity index (χ2n) is 4.32. The Hall–Kier alpha value is -1.09. The van der Waals surface area contributed by atoms with Crippen LogP contribution in [0.5, 0.6) is 0 Å². The fraction of sp³-hybridized carbons (Fsp3) is 0.583. The van der Waals surface area contributed by atoms with E-state index in [9.17, 15) is 9.90 Å². The van der Waals surface area contributed by atoms with Crippen LogP contribution in [0, 0.1) is 13.8 Å². The Kier molecular flexibility index (Phi) is 3.35. The summed E-state index contributed by atoms with van der Waals surface area (Å²) in [5, 5.41) is 9.46. The minimum Gasteiger partial charge on any atom is -0.394 e. The lowest BCUT2D eigenvalue weighted by atomic mass is 9.98. The number of aliphatic hydroxyl groups excluding tert-OH is 1. The summed E-state index contributed by atoms with van der Waals surface area (Å²) >= 11 is 0. The molecular weight excluding hydrogens is 190 g/mol. The van der Waals surface area contributed by atoms with Crippen molar-refractivity contribution >= 4 is 0 Å². The maximum Gasteiger partial charge on any atom is 0.182 e. The number of aryl methyl sites for hydroxylation is 2. The van der Waals surface area contributed by atoms with Crippen LogP contribution in [0.1, 0.15) is 31.7 Å². The molecule has 0 aromatic carbocycles. The van der Waals surface area contributed by atoms with Gasteiger partial charge >= 0.3 is 0 Å². The zero-order chi connectivity index (χ0) is 11.6. The molecule has 1 unspecified atom stereocenters. The standard InChI is InChI=1S/C12H19NO2/c1-5-12(4,8-14)13-9(2)6-11(15)7-10(13)3/h6-7,14H,5,8H2,1-4H3. The van der Waals surface area contributed by atoms with E-state index >= 15 is 0 Å². The zero-order valence-electron chi connectivity index (χ0n) is 9.87. The minimum atomic E-state index is -0.318. The van der Waals surface area contributed by atoms with E-state index in [-0.39, 0.29) is 17.6 Å². The highest BCUT2D eigenvalue weighted by Gasteiger charge is 2.25. The van der Waals surface area contributed by atoms with Gasteiger partial charge in [-0.2, -0.15) is 0 Å². The van der Waals surface area contributed by atoms with Gasteiger partial charge in [0.15, 0.2) is 5.43 Å². The van der Waals surface area contributed by atoms with Crippen LogP contribution in [0.2, 0.25) is 0 Å². The summed E-state index contributed by atoms with van der Waals surface area (Å²) in [6.07, 6.45) is 0.827. The fourth-order valence-corrected chi connectivity index (χ4v) is 2.05. The summed E-state index contributed by atoms with van der Waals surface area (Å²) in [6, 6.07) is 3.22. The van der Waals surface area contributed by atoms with E-state index in [2.05, 4.69) is 0 Å². The number of hydrogen-bond acceptors (Lipinski definition) is 2. The normalized spacial score (nSPS) is 15.0. The third-order valence-electron chi connectivity index (χ3n) is 3.05. The van der Waals surface area contributed by atoms with Crippen LogP contribution in [0.25, 0.3) is 0 Å². The summed E-state index contributed by atoms with van der Waals surface area (Å²) in [5.41, 5.74) is 1.51. The number of pyridine rings is 1. The molecule has 1 aromatic rings. The van der Waals surface area contributed by atoms with E-state index in [1.807, 2.05) is 32.3 Å². The van der Waals surface area contributed by atoms with Crippen LogP contribution in [0.15, 0.2) is 16.9 Å². The van der Waals surface area contributed by atoms with Crippen molar-refractivity contribution in [2.24, 2.45) is 0 Å². The molecule has 0 aliphatic carbocycles. The summed E-state index contributed by atoms with van der Waals surface area (Å²) in [4.78, 5) is 11.3. The van der Waals surface area contributed by atoms with Crippen molar-refractivity contribution in [3.63, 3.8) is 0 Å². The Labute approximate surface area is 90.4 Å². The van der Waals surface area contributed by atoms with E-state index in [1.54, 1.807) is 12.1 Å². The topological polar surface area (TPSA) is 42.2 Å². The first-order valence-corrected chi connectivity index (χ1v) is 5.26. The van der Waals surface area contributed by atoms with Gasteiger partial charge in [-0.25, -0.2) is 0 Å². The van der Waals surface area contributed by atoms with Crippen molar-refractivity contribution in [1.82, 2.24) is 4.57 Å². The van der Waals surface area contributed by atoms with E-state index in [1.165, 1.54) is 0 Å². The maximum atomic E-state index is 11.3. The summed E-state index contributed by atoms with van der Waals surface area (Å²) < 4.78 is 2.04. The van der Waals surface area contributed by atoms with Gasteiger partial charge < -0.3 is 9.67 Å². The van der Waals surface area contributed by atoms with Crippen molar-refractivity contribution in [3.8, 4) is 0 Å². The quantitative estimate of drug-likeness (QED) is 0.821. The van der Waals surface area contributed by atoms with E-state index in [0.29, 0.717) is 0 Å². The fourth-order valence-electron chi connectivity index (χ4n) is 2.05. The first kappa shape index (κ1) is 12.0. The number of aliphatic hydroxyl groups is 1. The predicted molar refractivity (Wildman–Crippen MR) is 61.2 cm³/mol. The van der Waals surface area contributed by atoms with Crippen LogP contribution in [-0.2, 0) is 5.54 Å². The van der Waals surface area contributed by atoms with Gasteiger partial charge in [-0.15, -0.1) is 0 Å². The molecule has 0 saturated heterocycles. The number of nitrogens with zero attached hydrogens (tertiary/aromatic N) is 1. The average molecular weight is 209 g/mol. The molecule has 3 heteroatoms. The van der Waals surface area contributed by atoms with Crippen molar-refractivity contribution < 1.29 is 5.11 Å². The van der Waals surface area contributed by atoms with E-state index in [0.717, 1.165) is 17.8 Å². The lowest BCUT2D eigenvalue weighted by molar-refractivity contribution is 0.139. The molecule has 0 aliphatic heterocycles. The number of hydrogen-bond donors (Lipinski definition) is 1. The average Bonchev–Trinajstić information content (AvgIpc) is 2.15. The largest absolute Gasteiger partial charge is 0.394 e. The summed E-state index contributed by atoms with van der Waals surface area (Å²) in [5.74, 6) is 0. The minimum absolute atomic E-state index is 0.0256. The van der Waals surface area contributed by atoms with Crippen molar-refractivity contribution in [3.05, 3.63) is 33.7 Å². The molecular formula is C12H19NO2. The van der Waals surface area contributed by atoms with Crippen LogP contribution in [0.3, 0.4) is 0 Å². The van der Waals surface area contributed by atoms with Crippen LogP contribution < -0.4 is 5.43 Å². The lowest BCUT2D eigenvalue weighted by Crippen LogP contribution is -2.37. The SMILES string of the molecule is CCC(C)(CO)n1c(C)cc(=O)cc1C. The van der Waals surface area contributed by atoms with Crippen LogP contribution in [-0.4, -0.2) is 16.3 Å². The molecule has 3 nitrogen and oxygen atoms in total. The molecule has 0 fully saturated rings. The molecule has 15 heavy (non-hydrogen) atoms. The van der Waals surface area contributed by atoms with E-state index < -0.39 is 0 Å². The second-order valence-corrected chi connectivity index (χ2v) is 4.32. The Morgan fingerprint density at radius 3 is 2.13 bits per heavy atom. The van der Waals surface area contributed by atoms with E-state index in [4.69, 9.17) is 0 Å². The second kappa shape index (κ2) is 4.19. The third-order valence-corrected chi connectivity index (χ3v) is 3.05. The van der Waals surface area contributed by atoms with Crippen molar-refractivity contribution in [2.45, 2.75) is 39.7 Å². The van der Waals surface area contributed by atoms with Crippen LogP contribution in [0.4, 0.5) is 0 Å². The molecule has 0 spiro atoms. The highest BCUT2D eigenvalue weighted by Crippen LogP contribution is 2.22. The number of aromatic nitrogens is 1. The van der Waals surface area contributed by atoms with Gasteiger partial charge in [-0.1, -0.05) is 6.92 Å². The Bertz CT molecular complexity index is 376. The molecule has 0 aliphatic rings. The first-order chi connectivity index (χ1) is 6.94. The predicted octanol–water partition coefficient (Wildman–Crippen LogP) is 1.58. The molecule has 0 saturated carbocycles. The highest BCUT2D eigenvalue weighted by molar-refractivity contribution is 5.15. The summed E-state index contributed by atoms with van der Waals surface area (Å²) in [7, 11) is 0. The van der Waals surface area contributed by atoms with Gasteiger partial charge in [0.2, 0.25) is 0 Å². The van der Waals surface area contributed by atoms with Gasteiger partial charge in [-0.05, 0) is 27.2 Å². The van der Waals surface area contributed by atoms with Gasteiger partial charge in [0.1, 0.15) is 0 Å². The molecule has 1 atom stereocenters. The molecule has 1 rings (SSSR count). The van der Waals surface area contributed by atoms with Gasteiger partial charge in [-0.3, -0.25) is 4.79 Å². The Balaban J connectivity index is 3.43. The molecule has 1 N–H and O–H groups in total. The molecule has 0 radical (unpaired) electrons. The maximum absolute atomic E-state index is 11.3. The highest BCUT2D eigenvalue weighted by atomic mass is 16.3. The zero-order valence-corrected chi connectivity index (χ0v) is 9.87. The smallest absolute Gasteiger partial charge is 0.182 e. The van der Waals surface area contributed by atoms with Gasteiger partial charge in [0.05, 0.1) is 12.1 Å². The van der Waals surface area contributed by atoms with Gasteiger partial charge in [0.25, 0.3) is 0 Å². The molecule has 1 aromatic heterocycles. The first-order valence-electron chi connectivity index (χ1n) is 5.26. The Morgan fingerprint density at radius 2 is 1.80 bits per heavy atom. The Morgan fingerprint density at radius 1 is 1.33 bits per heavy atom. The monoisotopic (exact) mass is 209 g/mol. The molecule has 0 amide bonds. The van der Waals surface area contributed by atoms with Crippen LogP contribution >= 0.6 is 0 Å². The number of rotatable bonds is 3. The van der Waals surface area contributed by atoms with Crippen molar-refractivity contribution in [1.29, 1.82) is 0 Å². The van der Waals surface area contributed by atoms with Crippen molar-refractivity contribution in [2.75, 3.05) is 6.61 Å². The van der Waals surface area contributed by atoms with Gasteiger partial charge in [0, 0.05) is 23.5 Å². The lowest BCUT2D eigenvalue weighted by Gasteiger charge is -2.33. The summed E-state index contributed by atoms with van der Waals surface area (Å²) in [6.45, 7) is 7.91. The molecule has 84 valence electrons.